The van der Waals surface area contributed by atoms with Crippen LogP contribution >= 0.6 is 12.6 Å². The quantitative estimate of drug-likeness (QED) is 0.256. The molecule has 0 unspecified atom stereocenters. The molecule has 0 spiro atoms. The molecule has 2 aromatic carbocycles. The van der Waals surface area contributed by atoms with Crippen molar-refractivity contribution in [1.29, 1.82) is 0 Å². The van der Waals surface area contributed by atoms with Gasteiger partial charge in [-0.1, -0.05) is 62.9 Å². The van der Waals surface area contributed by atoms with E-state index in [-0.39, 0.29) is 53.4 Å². The molecule has 0 saturated heterocycles. The number of nitrogens with zero attached hydrogens (tertiary/aromatic N) is 1. The molecule has 0 heterocycles. The van der Waals surface area contributed by atoms with Gasteiger partial charge < -0.3 is 10.2 Å². The van der Waals surface area contributed by atoms with Gasteiger partial charge in [-0.25, -0.2) is 17.5 Å². The van der Waals surface area contributed by atoms with Gasteiger partial charge in [-0.2, -0.15) is 12.6 Å². The van der Waals surface area contributed by atoms with Crippen molar-refractivity contribution in [2.24, 2.45) is 11.8 Å². The maximum absolute atomic E-state index is 15.4. The molecule has 3 rings (SSSR count). The largest absolute Gasteiger partial charge is 0.354 e. The fraction of sp³-hybridized carbons (Fsp3) is 0.516. The summed E-state index contributed by atoms with van der Waals surface area (Å²) in [6.45, 7) is 3.58. The number of halogens is 1. The van der Waals surface area contributed by atoms with Gasteiger partial charge in [-0.3, -0.25) is 14.4 Å². The van der Waals surface area contributed by atoms with E-state index < -0.39 is 21.7 Å². The third kappa shape index (κ3) is 9.29. The van der Waals surface area contributed by atoms with Gasteiger partial charge in [-0.15, -0.1) is 0 Å². The summed E-state index contributed by atoms with van der Waals surface area (Å²) in [4.78, 5) is 38.8. The molecule has 42 heavy (non-hydrogen) atoms. The number of hydrogen-bond acceptors (Lipinski definition) is 6. The van der Waals surface area contributed by atoms with Crippen molar-refractivity contribution in [2.75, 3.05) is 18.8 Å². The van der Waals surface area contributed by atoms with Crippen molar-refractivity contribution < 1.29 is 27.2 Å². The number of sulfonamides is 1. The molecule has 2 aromatic rings. The second-order valence-corrected chi connectivity index (χ2v) is 12.9. The summed E-state index contributed by atoms with van der Waals surface area (Å²) in [6, 6.07) is 10.4. The van der Waals surface area contributed by atoms with E-state index in [1.165, 1.54) is 36.8 Å². The highest BCUT2D eigenvalue weighted by atomic mass is 32.2. The predicted molar refractivity (Wildman–Crippen MR) is 165 cm³/mol. The average molecular weight is 620 g/mol. The smallest absolute Gasteiger partial charge is 0.264 e. The lowest BCUT2D eigenvalue weighted by Gasteiger charge is -2.29. The predicted octanol–water partition coefficient (Wildman–Crippen LogP) is 5.08. The van der Waals surface area contributed by atoms with Gasteiger partial charge in [-0.05, 0) is 42.9 Å². The summed E-state index contributed by atoms with van der Waals surface area (Å²) in [5.41, 5.74) is 0.831. The van der Waals surface area contributed by atoms with Crippen molar-refractivity contribution in [3.8, 4) is 11.1 Å². The van der Waals surface area contributed by atoms with Crippen LogP contribution in [-0.4, -0.2) is 49.9 Å². The number of unbranched alkanes of at least 4 members (excludes halogenated alkanes) is 1. The van der Waals surface area contributed by atoms with Crippen molar-refractivity contribution in [2.45, 2.75) is 76.7 Å². The molecule has 1 fully saturated rings. The Bertz CT molecular complexity index is 1350. The Kier molecular flexibility index (Phi) is 12.8. The summed E-state index contributed by atoms with van der Waals surface area (Å²) in [6.07, 6.45) is 7.37. The normalized spacial score (nSPS) is 14.7. The van der Waals surface area contributed by atoms with Gasteiger partial charge in [0.05, 0.1) is 4.90 Å². The van der Waals surface area contributed by atoms with Crippen LogP contribution in [0.2, 0.25) is 0 Å². The van der Waals surface area contributed by atoms with Gasteiger partial charge in [0.2, 0.25) is 17.7 Å². The molecule has 0 aliphatic heterocycles. The number of benzene rings is 2. The molecular formula is C31H42FN3O5S2. The second kappa shape index (κ2) is 16.1. The lowest BCUT2D eigenvalue weighted by molar-refractivity contribution is -0.133. The molecule has 1 aliphatic rings. The summed E-state index contributed by atoms with van der Waals surface area (Å²) >= 11 is 4.43. The highest BCUT2D eigenvalue weighted by Gasteiger charge is 2.28. The lowest BCUT2D eigenvalue weighted by atomic mass is 9.80. The summed E-state index contributed by atoms with van der Waals surface area (Å²) in [5.74, 6) is -0.873. The van der Waals surface area contributed by atoms with Gasteiger partial charge >= 0.3 is 0 Å². The molecule has 0 aromatic heterocycles. The zero-order chi connectivity index (χ0) is 30.7. The number of rotatable bonds is 14. The van der Waals surface area contributed by atoms with Gasteiger partial charge in [0, 0.05) is 55.8 Å². The van der Waals surface area contributed by atoms with Gasteiger partial charge in [0.25, 0.3) is 10.0 Å². The number of carbonyl (C=O) groups is 3. The van der Waals surface area contributed by atoms with Crippen LogP contribution in [0.3, 0.4) is 0 Å². The average Bonchev–Trinajstić information content (AvgIpc) is 2.96. The highest BCUT2D eigenvalue weighted by molar-refractivity contribution is 7.90. The molecule has 0 bridgehead atoms. The minimum absolute atomic E-state index is 0.00892. The Labute approximate surface area is 254 Å². The van der Waals surface area contributed by atoms with Crippen LogP contribution < -0.4 is 10.0 Å². The standard InChI is InChI=1S/C31H42FN3O5S2/c1-3-4-14-30(37)35(18-17-33-31(38)27(21-41)23-10-6-5-7-11-23)20-25-16-15-24(19-28(25)32)26-12-8-9-13-29(26)42(39,40)34-22(2)36/h8-9,12-13,15-16,19,23,27,41H,3-7,10-11,14,17-18,20-21H2,1-2H3,(H,33,38)(H,34,36)/t27-/m0/s1. The van der Waals surface area contributed by atoms with E-state index in [1.54, 1.807) is 17.0 Å². The first kappa shape index (κ1) is 33.6. The topological polar surface area (TPSA) is 113 Å². The van der Waals surface area contributed by atoms with E-state index in [0.29, 0.717) is 30.1 Å². The number of nitrogens with one attached hydrogen (secondary N) is 2. The molecule has 2 N–H and O–H groups in total. The Hall–Kier alpha value is -2.92. The van der Waals surface area contributed by atoms with Crippen LogP contribution in [0.4, 0.5) is 4.39 Å². The Morgan fingerprint density at radius 3 is 2.45 bits per heavy atom. The number of hydrogen-bond donors (Lipinski definition) is 3. The minimum Gasteiger partial charge on any atom is -0.354 e. The van der Waals surface area contributed by atoms with E-state index in [0.717, 1.165) is 39.0 Å². The van der Waals surface area contributed by atoms with E-state index in [9.17, 15) is 22.8 Å². The van der Waals surface area contributed by atoms with E-state index >= 15 is 4.39 Å². The van der Waals surface area contributed by atoms with E-state index in [1.807, 2.05) is 11.6 Å². The first-order valence-electron chi connectivity index (χ1n) is 14.6. The Morgan fingerprint density at radius 2 is 1.81 bits per heavy atom. The first-order valence-corrected chi connectivity index (χ1v) is 16.8. The third-order valence-electron chi connectivity index (χ3n) is 7.71. The minimum atomic E-state index is -4.15. The molecule has 1 atom stereocenters. The highest BCUT2D eigenvalue weighted by Crippen LogP contribution is 2.31. The number of amides is 3. The SMILES string of the molecule is CCCCC(=O)N(CCNC(=O)[C@@H](CS)C1CCCCC1)Cc1ccc(-c2ccccc2S(=O)(=O)NC(C)=O)cc1F. The van der Waals surface area contributed by atoms with Crippen molar-refractivity contribution in [1.82, 2.24) is 14.9 Å². The maximum atomic E-state index is 15.4. The van der Waals surface area contributed by atoms with Crippen LogP contribution in [0.15, 0.2) is 47.4 Å². The van der Waals surface area contributed by atoms with Crippen molar-refractivity contribution >= 4 is 40.4 Å². The summed E-state index contributed by atoms with van der Waals surface area (Å²) < 4.78 is 42.7. The van der Waals surface area contributed by atoms with Crippen LogP contribution in [-0.2, 0) is 31.0 Å². The molecule has 1 aliphatic carbocycles. The molecule has 3 amide bonds. The third-order valence-corrected chi connectivity index (χ3v) is 9.59. The lowest BCUT2D eigenvalue weighted by Crippen LogP contribution is -2.42. The summed E-state index contributed by atoms with van der Waals surface area (Å²) in [5, 5.41) is 2.97. The van der Waals surface area contributed by atoms with Crippen LogP contribution in [0.25, 0.3) is 11.1 Å². The molecule has 230 valence electrons. The number of thiol groups is 1. The van der Waals surface area contributed by atoms with Crippen molar-refractivity contribution in [3.63, 3.8) is 0 Å². The Morgan fingerprint density at radius 1 is 1.10 bits per heavy atom. The number of carbonyl (C=O) groups excluding carboxylic acids is 3. The zero-order valence-electron chi connectivity index (χ0n) is 24.4. The maximum Gasteiger partial charge on any atom is 0.264 e. The molecule has 11 heteroatoms. The molecular weight excluding hydrogens is 577 g/mol. The van der Waals surface area contributed by atoms with Gasteiger partial charge in [0.15, 0.2) is 0 Å². The van der Waals surface area contributed by atoms with Crippen molar-refractivity contribution in [3.05, 3.63) is 53.8 Å². The fourth-order valence-corrected chi connectivity index (χ4v) is 7.12. The van der Waals surface area contributed by atoms with Crippen LogP contribution in [0.1, 0.15) is 70.8 Å². The zero-order valence-corrected chi connectivity index (χ0v) is 26.1. The first-order chi connectivity index (χ1) is 20.1. The van der Waals surface area contributed by atoms with E-state index in [2.05, 4.69) is 17.9 Å². The second-order valence-electron chi connectivity index (χ2n) is 10.9. The van der Waals surface area contributed by atoms with Crippen LogP contribution in [0.5, 0.6) is 0 Å². The molecule has 0 radical (unpaired) electrons. The van der Waals surface area contributed by atoms with Gasteiger partial charge in [0.1, 0.15) is 5.82 Å². The molecule has 8 nitrogen and oxygen atoms in total. The monoisotopic (exact) mass is 619 g/mol. The van der Waals surface area contributed by atoms with Crippen LogP contribution in [0, 0.1) is 17.7 Å². The Balaban J connectivity index is 1.75. The summed E-state index contributed by atoms with van der Waals surface area (Å²) in [7, 11) is -4.15. The molecule has 1 saturated carbocycles. The van der Waals surface area contributed by atoms with E-state index in [4.69, 9.17) is 0 Å². The fourth-order valence-electron chi connectivity index (χ4n) is 5.44.